The molecule has 1 amide bonds. The average molecular weight is 247 g/mol. The number of aryl methyl sites for hydroxylation is 1. The minimum Gasteiger partial charge on any atom is -0.317 e. The van der Waals surface area contributed by atoms with Crippen LogP contribution in [0, 0.1) is 18.6 Å². The summed E-state index contributed by atoms with van der Waals surface area (Å²) in [6, 6.07) is 10.3. The van der Waals surface area contributed by atoms with Crippen molar-refractivity contribution in [2.24, 2.45) is 0 Å². The molecule has 18 heavy (non-hydrogen) atoms. The summed E-state index contributed by atoms with van der Waals surface area (Å²) in [5.74, 6) is -2.12. The molecule has 0 aromatic heterocycles. The second-order valence-corrected chi connectivity index (χ2v) is 3.87. The number of halogens is 2. The number of para-hydroxylation sites is 1. The van der Waals surface area contributed by atoms with E-state index in [4.69, 9.17) is 0 Å². The maximum Gasteiger partial charge on any atom is 0.256 e. The van der Waals surface area contributed by atoms with Crippen molar-refractivity contribution >= 4 is 11.6 Å². The van der Waals surface area contributed by atoms with Crippen LogP contribution in [0.4, 0.5) is 14.5 Å². The van der Waals surface area contributed by atoms with E-state index < -0.39 is 23.2 Å². The normalized spacial score (nSPS) is 10.2. The van der Waals surface area contributed by atoms with Gasteiger partial charge < -0.3 is 5.32 Å². The van der Waals surface area contributed by atoms with Gasteiger partial charge in [-0.1, -0.05) is 24.3 Å². The predicted octanol–water partition coefficient (Wildman–Crippen LogP) is 3.53. The third-order valence-corrected chi connectivity index (χ3v) is 2.59. The van der Waals surface area contributed by atoms with Gasteiger partial charge in [0, 0.05) is 5.56 Å². The molecule has 0 fully saturated rings. The van der Waals surface area contributed by atoms with Crippen LogP contribution in [0.5, 0.6) is 0 Å². The van der Waals surface area contributed by atoms with E-state index in [1.807, 2.05) is 0 Å². The predicted molar refractivity (Wildman–Crippen MR) is 65.5 cm³/mol. The first-order chi connectivity index (χ1) is 8.59. The van der Waals surface area contributed by atoms with Crippen molar-refractivity contribution in [1.82, 2.24) is 0 Å². The number of hydrogen-bond donors (Lipinski definition) is 1. The van der Waals surface area contributed by atoms with Gasteiger partial charge >= 0.3 is 0 Å². The molecule has 1 N–H and O–H groups in total. The van der Waals surface area contributed by atoms with E-state index >= 15 is 0 Å². The molecule has 2 aromatic carbocycles. The van der Waals surface area contributed by atoms with Gasteiger partial charge in [-0.05, 0) is 30.7 Å². The highest BCUT2D eigenvalue weighted by atomic mass is 19.1. The third-order valence-electron chi connectivity index (χ3n) is 2.59. The van der Waals surface area contributed by atoms with Gasteiger partial charge in [0.2, 0.25) is 0 Å². The van der Waals surface area contributed by atoms with Crippen LogP contribution in [0.1, 0.15) is 15.9 Å². The number of rotatable bonds is 2. The smallest absolute Gasteiger partial charge is 0.256 e. The molecule has 2 aromatic rings. The number of carbonyl (C=O) groups excluding carboxylic acids is 1. The monoisotopic (exact) mass is 247 g/mol. The summed E-state index contributed by atoms with van der Waals surface area (Å²) in [6.45, 7) is 1.76. The Morgan fingerprint density at radius 2 is 1.61 bits per heavy atom. The molecule has 0 atom stereocenters. The first-order valence-corrected chi connectivity index (χ1v) is 5.40. The van der Waals surface area contributed by atoms with Crippen LogP contribution in [0.3, 0.4) is 0 Å². The molecule has 0 saturated heterocycles. The van der Waals surface area contributed by atoms with Crippen LogP contribution in [0.2, 0.25) is 0 Å². The molecule has 0 unspecified atom stereocenters. The number of benzene rings is 2. The molecular formula is C14H11F2NO. The van der Waals surface area contributed by atoms with Gasteiger partial charge in [0.1, 0.15) is 17.3 Å². The molecule has 2 nitrogen and oxygen atoms in total. The lowest BCUT2D eigenvalue weighted by atomic mass is 10.1. The fourth-order valence-corrected chi connectivity index (χ4v) is 1.63. The second kappa shape index (κ2) is 4.96. The molecule has 0 bridgehead atoms. The van der Waals surface area contributed by atoms with E-state index in [-0.39, 0.29) is 0 Å². The van der Waals surface area contributed by atoms with E-state index in [2.05, 4.69) is 5.32 Å². The van der Waals surface area contributed by atoms with Gasteiger partial charge in [0.15, 0.2) is 0 Å². The summed E-state index contributed by atoms with van der Waals surface area (Å²) in [4.78, 5) is 11.9. The van der Waals surface area contributed by atoms with Crippen LogP contribution < -0.4 is 5.32 Å². The van der Waals surface area contributed by atoms with Gasteiger partial charge in [0.05, 0.1) is 0 Å². The molecule has 0 saturated carbocycles. The Hall–Kier alpha value is -2.23. The van der Waals surface area contributed by atoms with Gasteiger partial charge in [-0.25, -0.2) is 8.78 Å². The standard InChI is InChI=1S/C14H11F2NO/c1-9-5-2-3-6-10(9)14(18)17-13-11(15)7-4-8-12(13)16/h2-8H,1H3,(H,17,18). The largest absolute Gasteiger partial charge is 0.317 e. The van der Waals surface area contributed by atoms with Gasteiger partial charge in [0.25, 0.3) is 5.91 Å². The topological polar surface area (TPSA) is 29.1 Å². The third kappa shape index (κ3) is 2.37. The van der Waals surface area contributed by atoms with Gasteiger partial charge in [-0.2, -0.15) is 0 Å². The summed E-state index contributed by atoms with van der Waals surface area (Å²) >= 11 is 0. The molecule has 2 rings (SSSR count). The fourth-order valence-electron chi connectivity index (χ4n) is 1.63. The quantitative estimate of drug-likeness (QED) is 0.864. The highest BCUT2D eigenvalue weighted by Crippen LogP contribution is 2.19. The van der Waals surface area contributed by atoms with Crippen molar-refractivity contribution in [3.05, 3.63) is 65.2 Å². The first kappa shape index (κ1) is 12.2. The van der Waals surface area contributed by atoms with Crippen molar-refractivity contribution in [1.29, 1.82) is 0 Å². The Labute approximate surface area is 103 Å². The SMILES string of the molecule is Cc1ccccc1C(=O)Nc1c(F)cccc1F. The highest BCUT2D eigenvalue weighted by Gasteiger charge is 2.14. The lowest BCUT2D eigenvalue weighted by Gasteiger charge is -2.09. The molecule has 0 aliphatic heterocycles. The summed E-state index contributed by atoms with van der Waals surface area (Å²) in [6.07, 6.45) is 0. The summed E-state index contributed by atoms with van der Waals surface area (Å²) in [5.41, 5.74) is 0.706. The first-order valence-electron chi connectivity index (χ1n) is 5.40. The number of hydrogen-bond acceptors (Lipinski definition) is 1. The van der Waals surface area contributed by atoms with Gasteiger partial charge in [-0.15, -0.1) is 0 Å². The van der Waals surface area contributed by atoms with Crippen LogP contribution in [-0.2, 0) is 0 Å². The van der Waals surface area contributed by atoms with E-state index in [9.17, 15) is 13.6 Å². The Morgan fingerprint density at radius 1 is 1.00 bits per heavy atom. The van der Waals surface area contributed by atoms with Crippen molar-refractivity contribution < 1.29 is 13.6 Å². The van der Waals surface area contributed by atoms with E-state index in [0.29, 0.717) is 5.56 Å². The molecule has 0 heterocycles. The molecule has 92 valence electrons. The maximum absolute atomic E-state index is 13.4. The van der Waals surface area contributed by atoms with Crippen LogP contribution in [0.15, 0.2) is 42.5 Å². The number of nitrogens with one attached hydrogen (secondary N) is 1. The van der Waals surface area contributed by atoms with Crippen molar-refractivity contribution in [3.8, 4) is 0 Å². The number of anilines is 1. The second-order valence-electron chi connectivity index (χ2n) is 3.87. The summed E-state index contributed by atoms with van der Waals surface area (Å²) < 4.78 is 26.7. The number of carbonyl (C=O) groups is 1. The Morgan fingerprint density at radius 3 is 2.22 bits per heavy atom. The highest BCUT2D eigenvalue weighted by molar-refractivity contribution is 6.05. The van der Waals surface area contributed by atoms with Crippen molar-refractivity contribution in [3.63, 3.8) is 0 Å². The van der Waals surface area contributed by atoms with Crippen LogP contribution >= 0.6 is 0 Å². The summed E-state index contributed by atoms with van der Waals surface area (Å²) in [7, 11) is 0. The molecule has 0 radical (unpaired) electrons. The zero-order valence-electron chi connectivity index (χ0n) is 9.71. The Balaban J connectivity index is 2.30. The molecular weight excluding hydrogens is 236 g/mol. The van der Waals surface area contributed by atoms with Crippen LogP contribution in [-0.4, -0.2) is 5.91 Å². The minimum absolute atomic E-state index is 0.389. The lowest BCUT2D eigenvalue weighted by molar-refractivity contribution is 0.102. The van der Waals surface area contributed by atoms with Crippen molar-refractivity contribution in [2.45, 2.75) is 6.92 Å². The fraction of sp³-hybridized carbons (Fsp3) is 0.0714. The Bertz CT molecular complexity index is 576. The molecule has 4 heteroatoms. The maximum atomic E-state index is 13.4. The molecule has 0 aliphatic rings. The lowest BCUT2D eigenvalue weighted by Crippen LogP contribution is -2.15. The zero-order chi connectivity index (χ0) is 13.1. The summed E-state index contributed by atoms with van der Waals surface area (Å²) in [5, 5.41) is 2.25. The zero-order valence-corrected chi connectivity index (χ0v) is 9.71. The van der Waals surface area contributed by atoms with Gasteiger partial charge in [-0.3, -0.25) is 4.79 Å². The number of amides is 1. The molecule has 0 spiro atoms. The van der Waals surface area contributed by atoms with E-state index in [1.165, 1.54) is 6.07 Å². The molecule has 0 aliphatic carbocycles. The average Bonchev–Trinajstić information content (AvgIpc) is 2.34. The van der Waals surface area contributed by atoms with E-state index in [0.717, 1.165) is 17.7 Å². The Kier molecular flexibility index (Phi) is 3.37. The van der Waals surface area contributed by atoms with E-state index in [1.54, 1.807) is 31.2 Å². The van der Waals surface area contributed by atoms with Crippen LogP contribution in [0.25, 0.3) is 0 Å². The van der Waals surface area contributed by atoms with Crippen molar-refractivity contribution in [2.75, 3.05) is 5.32 Å². The minimum atomic E-state index is -0.795.